The molecule has 0 aliphatic rings. The van der Waals surface area contributed by atoms with Crippen molar-refractivity contribution in [2.45, 2.75) is 32.9 Å². The predicted molar refractivity (Wildman–Crippen MR) is 61.5 cm³/mol. The van der Waals surface area contributed by atoms with E-state index in [4.69, 9.17) is 5.73 Å². The highest BCUT2D eigenvalue weighted by atomic mass is 15.1. The van der Waals surface area contributed by atoms with Crippen LogP contribution in [0.5, 0.6) is 0 Å². The monoisotopic (exact) mass is 208 g/mol. The minimum absolute atomic E-state index is 0.145. The van der Waals surface area contributed by atoms with Gasteiger partial charge in [-0.05, 0) is 34.0 Å². The fraction of sp³-hybridized carbons (Fsp3) is 0.636. The molecule has 15 heavy (non-hydrogen) atoms. The van der Waals surface area contributed by atoms with Gasteiger partial charge >= 0.3 is 0 Å². The molecule has 0 saturated heterocycles. The molecule has 0 fully saturated rings. The number of hydrogen-bond donors (Lipinski definition) is 1. The van der Waals surface area contributed by atoms with Gasteiger partial charge in [0.2, 0.25) is 0 Å². The van der Waals surface area contributed by atoms with E-state index in [-0.39, 0.29) is 6.04 Å². The molecule has 1 aromatic rings. The van der Waals surface area contributed by atoms with Gasteiger partial charge in [0.25, 0.3) is 0 Å². The van der Waals surface area contributed by atoms with Crippen molar-refractivity contribution in [3.05, 3.63) is 23.3 Å². The lowest BCUT2D eigenvalue weighted by Gasteiger charge is -2.11. The zero-order valence-corrected chi connectivity index (χ0v) is 9.99. The molecular weight excluding hydrogens is 188 g/mol. The number of aryl methyl sites for hydroxylation is 1. The largest absolute Gasteiger partial charge is 0.328 e. The van der Waals surface area contributed by atoms with Crippen LogP contribution in [0.3, 0.4) is 0 Å². The van der Waals surface area contributed by atoms with Crippen molar-refractivity contribution in [3.63, 3.8) is 0 Å². The molecule has 4 heteroatoms. The summed E-state index contributed by atoms with van der Waals surface area (Å²) in [7, 11) is 4.02. The van der Waals surface area contributed by atoms with E-state index >= 15 is 0 Å². The Kier molecular flexibility index (Phi) is 4.17. The maximum Gasteiger partial charge on any atom is 0.142 e. The number of nitrogens with zero attached hydrogens (tertiary/aromatic N) is 3. The molecule has 1 atom stereocenters. The second-order valence-electron chi connectivity index (χ2n) is 4.34. The van der Waals surface area contributed by atoms with E-state index in [1.54, 1.807) is 0 Å². The summed E-state index contributed by atoms with van der Waals surface area (Å²) in [6.45, 7) is 4.75. The highest BCUT2D eigenvalue weighted by Crippen LogP contribution is 2.04. The molecule has 1 aromatic heterocycles. The van der Waals surface area contributed by atoms with E-state index in [1.807, 2.05) is 34.0 Å². The molecule has 4 nitrogen and oxygen atoms in total. The first-order chi connectivity index (χ1) is 6.97. The van der Waals surface area contributed by atoms with Gasteiger partial charge in [0.1, 0.15) is 5.82 Å². The summed E-state index contributed by atoms with van der Waals surface area (Å²) in [5.74, 6) is 0.871. The molecular formula is C11H20N4. The normalized spacial score (nSPS) is 13.2. The van der Waals surface area contributed by atoms with Crippen molar-refractivity contribution in [1.82, 2.24) is 14.9 Å². The Balaban J connectivity index is 2.84. The maximum absolute atomic E-state index is 5.76. The van der Waals surface area contributed by atoms with Gasteiger partial charge in [0.05, 0.1) is 6.54 Å². The quantitative estimate of drug-likeness (QED) is 0.793. The van der Waals surface area contributed by atoms with Crippen LogP contribution in [0, 0.1) is 6.92 Å². The lowest BCUT2D eigenvalue weighted by atomic mass is 10.2. The van der Waals surface area contributed by atoms with Crippen LogP contribution < -0.4 is 5.73 Å². The van der Waals surface area contributed by atoms with E-state index in [2.05, 4.69) is 14.9 Å². The van der Waals surface area contributed by atoms with Crippen LogP contribution in [-0.2, 0) is 13.0 Å². The van der Waals surface area contributed by atoms with Crippen molar-refractivity contribution in [2.24, 2.45) is 5.73 Å². The van der Waals surface area contributed by atoms with Crippen LogP contribution >= 0.6 is 0 Å². The first-order valence-corrected chi connectivity index (χ1v) is 5.21. The smallest absolute Gasteiger partial charge is 0.142 e. The van der Waals surface area contributed by atoms with Gasteiger partial charge in [-0.25, -0.2) is 9.97 Å². The number of aromatic nitrogens is 2. The van der Waals surface area contributed by atoms with E-state index in [0.29, 0.717) is 0 Å². The number of rotatable bonds is 4. The maximum atomic E-state index is 5.76. The molecule has 2 N–H and O–H groups in total. The first-order valence-electron chi connectivity index (χ1n) is 5.21. The molecule has 0 aliphatic heterocycles. The third-order valence-electron chi connectivity index (χ3n) is 1.94. The SMILES string of the molecule is Cc1cc(CC(C)N)nc(CN(C)C)n1. The average molecular weight is 208 g/mol. The van der Waals surface area contributed by atoms with Crippen LogP contribution in [0.15, 0.2) is 6.07 Å². The lowest BCUT2D eigenvalue weighted by Crippen LogP contribution is -2.20. The van der Waals surface area contributed by atoms with E-state index in [9.17, 15) is 0 Å². The molecule has 0 bridgehead atoms. The van der Waals surface area contributed by atoms with Gasteiger partial charge < -0.3 is 10.6 Å². The third kappa shape index (κ3) is 4.36. The molecule has 0 aromatic carbocycles. The molecule has 0 aliphatic carbocycles. The van der Waals surface area contributed by atoms with Crippen molar-refractivity contribution >= 4 is 0 Å². The Labute approximate surface area is 91.5 Å². The molecule has 1 heterocycles. The van der Waals surface area contributed by atoms with Crippen molar-refractivity contribution < 1.29 is 0 Å². The second-order valence-corrected chi connectivity index (χ2v) is 4.34. The van der Waals surface area contributed by atoms with E-state index < -0.39 is 0 Å². The van der Waals surface area contributed by atoms with E-state index in [0.717, 1.165) is 30.2 Å². The summed E-state index contributed by atoms with van der Waals surface area (Å²) >= 11 is 0. The standard InChI is InChI=1S/C11H20N4/c1-8(12)5-10-6-9(2)13-11(14-10)7-15(3)4/h6,8H,5,7,12H2,1-4H3. The van der Waals surface area contributed by atoms with Crippen molar-refractivity contribution in [2.75, 3.05) is 14.1 Å². The highest BCUT2D eigenvalue weighted by molar-refractivity contribution is 5.11. The summed E-state index contributed by atoms with van der Waals surface area (Å²) in [6, 6.07) is 2.15. The third-order valence-corrected chi connectivity index (χ3v) is 1.94. The van der Waals surface area contributed by atoms with Gasteiger partial charge in [-0.3, -0.25) is 0 Å². The Morgan fingerprint density at radius 3 is 2.60 bits per heavy atom. The second kappa shape index (κ2) is 5.19. The van der Waals surface area contributed by atoms with Crippen LogP contribution in [0.25, 0.3) is 0 Å². The summed E-state index contributed by atoms with van der Waals surface area (Å²) in [5, 5.41) is 0. The Hall–Kier alpha value is -1.00. The van der Waals surface area contributed by atoms with Crippen molar-refractivity contribution in [1.29, 1.82) is 0 Å². The molecule has 0 saturated carbocycles. The van der Waals surface area contributed by atoms with Gasteiger partial charge in [-0.2, -0.15) is 0 Å². The van der Waals surface area contributed by atoms with Crippen LogP contribution in [0.4, 0.5) is 0 Å². The van der Waals surface area contributed by atoms with Crippen LogP contribution in [0.1, 0.15) is 24.1 Å². The van der Waals surface area contributed by atoms with Gasteiger partial charge in [-0.15, -0.1) is 0 Å². The van der Waals surface area contributed by atoms with E-state index in [1.165, 1.54) is 0 Å². The summed E-state index contributed by atoms with van der Waals surface area (Å²) in [5.41, 5.74) is 7.80. The molecule has 1 rings (SSSR count). The number of nitrogens with two attached hydrogens (primary N) is 1. The highest BCUT2D eigenvalue weighted by Gasteiger charge is 2.05. The predicted octanol–water partition coefficient (Wildman–Crippen LogP) is 0.736. The molecule has 0 radical (unpaired) electrons. The van der Waals surface area contributed by atoms with Crippen molar-refractivity contribution in [3.8, 4) is 0 Å². The average Bonchev–Trinajstić information content (AvgIpc) is 1.98. The Morgan fingerprint density at radius 2 is 2.07 bits per heavy atom. The Morgan fingerprint density at radius 1 is 1.40 bits per heavy atom. The number of hydrogen-bond acceptors (Lipinski definition) is 4. The minimum atomic E-state index is 0.145. The van der Waals surface area contributed by atoms with Gasteiger partial charge in [-0.1, -0.05) is 0 Å². The summed E-state index contributed by atoms with van der Waals surface area (Å²) in [4.78, 5) is 10.9. The Bertz CT molecular complexity index is 292. The fourth-order valence-corrected chi connectivity index (χ4v) is 1.49. The molecule has 1 unspecified atom stereocenters. The summed E-state index contributed by atoms with van der Waals surface area (Å²) < 4.78 is 0. The molecule has 0 spiro atoms. The fourth-order valence-electron chi connectivity index (χ4n) is 1.49. The minimum Gasteiger partial charge on any atom is -0.328 e. The summed E-state index contributed by atoms with van der Waals surface area (Å²) in [6.07, 6.45) is 0.809. The molecule has 0 amide bonds. The lowest BCUT2D eigenvalue weighted by molar-refractivity contribution is 0.389. The topological polar surface area (TPSA) is 55.0 Å². The zero-order chi connectivity index (χ0) is 11.4. The zero-order valence-electron chi connectivity index (χ0n) is 9.99. The van der Waals surface area contributed by atoms with Gasteiger partial charge in [0, 0.05) is 23.9 Å². The van der Waals surface area contributed by atoms with Crippen LogP contribution in [-0.4, -0.2) is 35.0 Å². The van der Waals surface area contributed by atoms with Gasteiger partial charge in [0.15, 0.2) is 0 Å². The van der Waals surface area contributed by atoms with Crippen LogP contribution in [0.2, 0.25) is 0 Å². The first kappa shape index (κ1) is 12.1. The molecule has 84 valence electrons.